The number of hydrogen-bond acceptors (Lipinski definition) is 1. The van der Waals surface area contributed by atoms with Gasteiger partial charge in [-0.1, -0.05) is 11.6 Å². The van der Waals surface area contributed by atoms with Gasteiger partial charge in [0, 0.05) is 30.6 Å². The highest BCUT2D eigenvalue weighted by molar-refractivity contribution is 6.30. The highest BCUT2D eigenvalue weighted by atomic mass is 35.5. The molecule has 23 heavy (non-hydrogen) atoms. The quantitative estimate of drug-likeness (QED) is 0.662. The van der Waals surface area contributed by atoms with Crippen LogP contribution in [0.25, 0.3) is 11.7 Å². The lowest BCUT2D eigenvalue weighted by Crippen LogP contribution is -2.03. The second-order valence-electron chi connectivity index (χ2n) is 5.84. The fraction of sp³-hybridized carbons (Fsp3) is 0.235. The lowest BCUT2D eigenvalue weighted by molar-refractivity contribution is 0.429. The summed E-state index contributed by atoms with van der Waals surface area (Å²) < 4.78 is 28.6. The lowest BCUT2D eigenvalue weighted by Gasteiger charge is -2.06. The summed E-state index contributed by atoms with van der Waals surface area (Å²) in [6, 6.07) is 5.40. The molecular formula is C17H14ClF2N3. The Hall–Kier alpha value is -2.14. The number of pyridine rings is 1. The van der Waals surface area contributed by atoms with E-state index in [1.807, 2.05) is 27.3 Å². The summed E-state index contributed by atoms with van der Waals surface area (Å²) in [4.78, 5) is 4.73. The summed E-state index contributed by atoms with van der Waals surface area (Å²) in [5.41, 5.74) is 3.52. The van der Waals surface area contributed by atoms with Gasteiger partial charge in [-0.25, -0.2) is 4.98 Å². The predicted molar refractivity (Wildman–Crippen MR) is 85.9 cm³/mol. The van der Waals surface area contributed by atoms with Crippen molar-refractivity contribution in [3.8, 4) is 0 Å². The zero-order valence-electron chi connectivity index (χ0n) is 12.2. The Kier molecular flexibility index (Phi) is 3.45. The largest absolute Gasteiger partial charge is 0.348 e. The van der Waals surface area contributed by atoms with Crippen molar-refractivity contribution in [1.82, 2.24) is 14.0 Å². The second-order valence-corrected chi connectivity index (χ2v) is 6.28. The van der Waals surface area contributed by atoms with Crippen molar-refractivity contribution in [2.75, 3.05) is 0 Å². The predicted octanol–water partition coefficient (Wildman–Crippen LogP) is 4.95. The van der Waals surface area contributed by atoms with Crippen LogP contribution in [-0.2, 0) is 6.54 Å². The molecule has 3 heterocycles. The Bertz CT molecular complexity index is 902. The number of nitrogens with zero attached hydrogens (tertiary/aromatic N) is 3. The zero-order valence-corrected chi connectivity index (χ0v) is 13.0. The van der Waals surface area contributed by atoms with E-state index in [1.54, 1.807) is 18.5 Å². The SMILES string of the molecule is FC(F)=Cc1ccn(Cc2c(C3CC3)nc3ccc(Cl)cn23)c1. The summed E-state index contributed by atoms with van der Waals surface area (Å²) in [5.74, 6) is 0.502. The normalized spacial score (nSPS) is 14.4. The molecule has 118 valence electrons. The molecule has 0 atom stereocenters. The maximum Gasteiger partial charge on any atom is 0.270 e. The summed E-state index contributed by atoms with van der Waals surface area (Å²) in [7, 11) is 0. The zero-order chi connectivity index (χ0) is 16.0. The third kappa shape index (κ3) is 2.88. The molecule has 3 aromatic heterocycles. The molecule has 0 unspecified atom stereocenters. The Balaban J connectivity index is 1.75. The molecule has 0 N–H and O–H groups in total. The molecule has 0 spiro atoms. The molecule has 0 aliphatic heterocycles. The van der Waals surface area contributed by atoms with Gasteiger partial charge in [0.25, 0.3) is 6.08 Å². The van der Waals surface area contributed by atoms with Crippen molar-refractivity contribution < 1.29 is 8.78 Å². The van der Waals surface area contributed by atoms with Crippen LogP contribution in [-0.4, -0.2) is 14.0 Å². The molecule has 0 bridgehead atoms. The molecule has 6 heteroatoms. The Morgan fingerprint density at radius 2 is 2.09 bits per heavy atom. The highest BCUT2D eigenvalue weighted by Crippen LogP contribution is 2.41. The van der Waals surface area contributed by atoms with Crippen molar-refractivity contribution in [2.24, 2.45) is 0 Å². The molecule has 1 fully saturated rings. The van der Waals surface area contributed by atoms with Gasteiger partial charge in [-0.3, -0.25) is 0 Å². The first kappa shape index (κ1) is 14.5. The van der Waals surface area contributed by atoms with E-state index in [2.05, 4.69) is 0 Å². The van der Waals surface area contributed by atoms with Crippen LogP contribution in [0.4, 0.5) is 8.78 Å². The monoisotopic (exact) mass is 333 g/mol. The van der Waals surface area contributed by atoms with Crippen molar-refractivity contribution in [2.45, 2.75) is 25.3 Å². The third-order valence-electron chi connectivity index (χ3n) is 4.06. The average Bonchev–Trinajstić information content (AvgIpc) is 3.16. The van der Waals surface area contributed by atoms with Crippen LogP contribution in [0.2, 0.25) is 5.02 Å². The topological polar surface area (TPSA) is 22.2 Å². The number of rotatable bonds is 4. The van der Waals surface area contributed by atoms with E-state index in [0.717, 1.165) is 36.0 Å². The first-order valence-corrected chi connectivity index (χ1v) is 7.83. The molecule has 0 saturated heterocycles. The van der Waals surface area contributed by atoms with E-state index in [9.17, 15) is 8.78 Å². The summed E-state index contributed by atoms with van der Waals surface area (Å²) in [5, 5.41) is 0.647. The van der Waals surface area contributed by atoms with Gasteiger partial charge in [0.2, 0.25) is 0 Å². The van der Waals surface area contributed by atoms with Gasteiger partial charge in [0.15, 0.2) is 0 Å². The number of hydrogen-bond donors (Lipinski definition) is 0. The van der Waals surface area contributed by atoms with E-state index < -0.39 is 6.08 Å². The van der Waals surface area contributed by atoms with Crippen molar-refractivity contribution in [1.29, 1.82) is 0 Å². The summed E-state index contributed by atoms with van der Waals surface area (Å²) in [6.45, 7) is 0.578. The molecule has 0 amide bonds. The van der Waals surface area contributed by atoms with Gasteiger partial charge in [-0.2, -0.15) is 8.78 Å². The Morgan fingerprint density at radius 3 is 2.83 bits per heavy atom. The fourth-order valence-corrected chi connectivity index (χ4v) is 3.03. The van der Waals surface area contributed by atoms with Gasteiger partial charge in [0.05, 0.1) is 23.0 Å². The van der Waals surface area contributed by atoms with Crippen molar-refractivity contribution in [3.05, 3.63) is 64.8 Å². The van der Waals surface area contributed by atoms with Crippen LogP contribution in [0.1, 0.15) is 35.7 Å². The van der Waals surface area contributed by atoms with Gasteiger partial charge in [-0.05, 0) is 36.6 Å². The number of halogens is 3. The molecule has 3 nitrogen and oxygen atoms in total. The first-order chi connectivity index (χ1) is 11.1. The van der Waals surface area contributed by atoms with Crippen LogP contribution in [0, 0.1) is 0 Å². The molecule has 4 rings (SSSR count). The smallest absolute Gasteiger partial charge is 0.270 e. The van der Waals surface area contributed by atoms with Crippen molar-refractivity contribution >= 4 is 23.3 Å². The number of fused-ring (bicyclic) bond motifs is 1. The van der Waals surface area contributed by atoms with Crippen LogP contribution in [0.5, 0.6) is 0 Å². The van der Waals surface area contributed by atoms with Crippen LogP contribution < -0.4 is 0 Å². The lowest BCUT2D eigenvalue weighted by atomic mass is 10.2. The standard InChI is InChI=1S/C17H14ClF2N3/c18-13-3-4-16-21-17(12-1-2-12)14(23(16)9-13)10-22-6-5-11(8-22)7-15(19)20/h3-9,12H,1-2,10H2. The number of aromatic nitrogens is 3. The van der Waals surface area contributed by atoms with E-state index in [0.29, 0.717) is 23.0 Å². The summed E-state index contributed by atoms with van der Waals surface area (Å²) in [6.07, 6.45) is 6.84. The summed E-state index contributed by atoms with van der Waals surface area (Å²) >= 11 is 6.11. The maximum absolute atomic E-state index is 12.4. The van der Waals surface area contributed by atoms with Gasteiger partial charge < -0.3 is 8.97 Å². The average molecular weight is 334 g/mol. The van der Waals surface area contributed by atoms with Gasteiger partial charge >= 0.3 is 0 Å². The molecule has 0 aromatic carbocycles. The minimum atomic E-state index is -1.69. The van der Waals surface area contributed by atoms with Gasteiger partial charge in [-0.15, -0.1) is 0 Å². The molecule has 1 aliphatic carbocycles. The van der Waals surface area contributed by atoms with E-state index in [1.165, 1.54) is 0 Å². The maximum atomic E-state index is 12.4. The Labute approximate surface area is 136 Å². The highest BCUT2D eigenvalue weighted by Gasteiger charge is 2.30. The van der Waals surface area contributed by atoms with E-state index in [4.69, 9.17) is 16.6 Å². The van der Waals surface area contributed by atoms with Crippen LogP contribution >= 0.6 is 11.6 Å². The molecule has 0 radical (unpaired) electrons. The molecule has 1 aliphatic rings. The molecule has 1 saturated carbocycles. The van der Waals surface area contributed by atoms with E-state index >= 15 is 0 Å². The Morgan fingerprint density at radius 1 is 1.26 bits per heavy atom. The van der Waals surface area contributed by atoms with Crippen LogP contribution in [0.15, 0.2) is 42.9 Å². The molecule has 3 aromatic rings. The minimum Gasteiger partial charge on any atom is -0.348 e. The number of imidazole rings is 1. The molecular weight excluding hydrogens is 320 g/mol. The second kappa shape index (κ2) is 5.49. The van der Waals surface area contributed by atoms with Gasteiger partial charge in [0.1, 0.15) is 5.65 Å². The van der Waals surface area contributed by atoms with E-state index in [-0.39, 0.29) is 0 Å². The first-order valence-electron chi connectivity index (χ1n) is 7.45. The fourth-order valence-electron chi connectivity index (χ4n) is 2.87. The van der Waals surface area contributed by atoms with Crippen LogP contribution in [0.3, 0.4) is 0 Å². The van der Waals surface area contributed by atoms with Crippen molar-refractivity contribution in [3.63, 3.8) is 0 Å². The third-order valence-corrected chi connectivity index (χ3v) is 4.28. The minimum absolute atomic E-state index is 0.491.